The zero-order chi connectivity index (χ0) is 13.7. The van der Waals surface area contributed by atoms with Crippen molar-refractivity contribution in [2.24, 2.45) is 0 Å². The van der Waals surface area contributed by atoms with Crippen LogP contribution < -0.4 is 0 Å². The van der Waals surface area contributed by atoms with E-state index >= 15 is 0 Å². The monoisotopic (exact) mass is 264 g/mol. The van der Waals surface area contributed by atoms with Crippen molar-refractivity contribution in [2.75, 3.05) is 0 Å². The molecule has 3 aromatic rings. The van der Waals surface area contributed by atoms with Gasteiger partial charge in [0.15, 0.2) is 0 Å². The first kappa shape index (κ1) is 11.7. The minimum atomic E-state index is -0.983. The van der Waals surface area contributed by atoms with E-state index in [4.69, 9.17) is 4.42 Å². The summed E-state index contributed by atoms with van der Waals surface area (Å²) in [4.78, 5) is 0. The molecule has 0 fully saturated rings. The van der Waals surface area contributed by atoms with Gasteiger partial charge in [-0.1, -0.05) is 35.9 Å². The van der Waals surface area contributed by atoms with Gasteiger partial charge in [0.25, 0.3) is 0 Å². The fourth-order valence-electron chi connectivity index (χ4n) is 3.21. The Hall–Kier alpha value is -2.06. The lowest BCUT2D eigenvalue weighted by atomic mass is 9.93. The van der Waals surface area contributed by atoms with Crippen LogP contribution in [0.5, 0.6) is 0 Å². The summed E-state index contributed by atoms with van der Waals surface area (Å²) in [6.07, 6.45) is 1.58. The van der Waals surface area contributed by atoms with Gasteiger partial charge < -0.3 is 9.52 Å². The molecule has 1 unspecified atom stereocenters. The van der Waals surface area contributed by atoms with Crippen molar-refractivity contribution in [1.82, 2.24) is 0 Å². The molecule has 1 heterocycles. The van der Waals surface area contributed by atoms with Crippen molar-refractivity contribution in [3.8, 4) is 0 Å². The van der Waals surface area contributed by atoms with Crippen molar-refractivity contribution >= 4 is 11.0 Å². The zero-order valence-electron chi connectivity index (χ0n) is 11.4. The molecule has 1 aliphatic rings. The van der Waals surface area contributed by atoms with E-state index < -0.39 is 5.60 Å². The molecule has 0 bridgehead atoms. The second kappa shape index (κ2) is 3.97. The van der Waals surface area contributed by atoms with E-state index in [0.29, 0.717) is 12.2 Å². The summed E-state index contributed by atoms with van der Waals surface area (Å²) in [6.45, 7) is 2.06. The molecule has 100 valence electrons. The zero-order valence-corrected chi connectivity index (χ0v) is 11.4. The molecule has 0 spiro atoms. The minimum Gasteiger partial charge on any atom is -0.458 e. The van der Waals surface area contributed by atoms with E-state index in [9.17, 15) is 5.11 Å². The maximum absolute atomic E-state index is 11.1. The average molecular weight is 264 g/mol. The van der Waals surface area contributed by atoms with Crippen LogP contribution in [0.2, 0.25) is 0 Å². The molecule has 2 aromatic carbocycles. The van der Waals surface area contributed by atoms with Crippen molar-refractivity contribution in [3.05, 3.63) is 71.0 Å². The van der Waals surface area contributed by atoms with Crippen LogP contribution in [-0.4, -0.2) is 5.11 Å². The Morgan fingerprint density at radius 3 is 2.85 bits per heavy atom. The lowest BCUT2D eigenvalue weighted by Gasteiger charge is -2.21. The van der Waals surface area contributed by atoms with E-state index in [2.05, 4.69) is 19.1 Å². The van der Waals surface area contributed by atoms with Gasteiger partial charge in [-0.05, 0) is 49.1 Å². The number of aryl methyl sites for hydroxylation is 2. The highest BCUT2D eigenvalue weighted by molar-refractivity contribution is 5.79. The number of hydrogen-bond acceptors (Lipinski definition) is 2. The Bertz CT molecular complexity index is 800. The number of benzene rings is 2. The summed E-state index contributed by atoms with van der Waals surface area (Å²) in [5, 5.41) is 12.1. The number of fused-ring (bicyclic) bond motifs is 2. The topological polar surface area (TPSA) is 33.4 Å². The third kappa shape index (κ3) is 1.55. The fraction of sp³-hybridized carbons (Fsp3) is 0.222. The molecule has 1 N–H and O–H groups in total. The molecule has 1 aliphatic carbocycles. The lowest BCUT2D eigenvalue weighted by Crippen LogP contribution is -2.22. The lowest BCUT2D eigenvalue weighted by molar-refractivity contribution is 0.0605. The third-order valence-corrected chi connectivity index (χ3v) is 4.30. The molecule has 0 radical (unpaired) electrons. The molecule has 0 saturated heterocycles. The second-order valence-electron chi connectivity index (χ2n) is 5.67. The average Bonchev–Trinajstić information content (AvgIpc) is 3.02. The summed E-state index contributed by atoms with van der Waals surface area (Å²) < 4.78 is 5.92. The Morgan fingerprint density at radius 1 is 1.10 bits per heavy atom. The molecule has 4 rings (SSSR count). The fourth-order valence-corrected chi connectivity index (χ4v) is 3.21. The molecule has 1 aromatic heterocycles. The highest BCUT2D eigenvalue weighted by atomic mass is 16.4. The largest absolute Gasteiger partial charge is 0.458 e. The van der Waals surface area contributed by atoms with Crippen molar-refractivity contribution < 1.29 is 9.52 Å². The molecule has 0 amide bonds. The Balaban J connectivity index is 1.91. The summed E-state index contributed by atoms with van der Waals surface area (Å²) in [5.74, 6) is 0.656. The Kier molecular flexibility index (Phi) is 2.33. The van der Waals surface area contributed by atoms with Crippen LogP contribution in [0.15, 0.2) is 52.9 Å². The van der Waals surface area contributed by atoms with Gasteiger partial charge in [0.05, 0.1) is 0 Å². The van der Waals surface area contributed by atoms with Crippen molar-refractivity contribution in [2.45, 2.75) is 25.4 Å². The van der Waals surface area contributed by atoms with Gasteiger partial charge in [0.1, 0.15) is 16.9 Å². The first-order valence-corrected chi connectivity index (χ1v) is 6.98. The predicted octanol–water partition coefficient (Wildman–Crippen LogP) is 3.92. The minimum absolute atomic E-state index is 0.656. The summed E-state index contributed by atoms with van der Waals surface area (Å²) >= 11 is 0. The standard InChI is InChI=1S/C18H16O2/c1-12-6-7-16-14(10-12)11-17(20-16)18(19)9-8-13-4-2-3-5-15(13)18/h2-7,10-11,19H,8-9H2,1H3. The smallest absolute Gasteiger partial charge is 0.148 e. The predicted molar refractivity (Wildman–Crippen MR) is 78.7 cm³/mol. The van der Waals surface area contributed by atoms with Crippen molar-refractivity contribution in [3.63, 3.8) is 0 Å². The molecule has 0 aliphatic heterocycles. The first-order chi connectivity index (χ1) is 9.67. The summed E-state index contributed by atoms with van der Waals surface area (Å²) in [7, 11) is 0. The quantitative estimate of drug-likeness (QED) is 0.722. The van der Waals surface area contributed by atoms with Crippen LogP contribution in [0.3, 0.4) is 0 Å². The van der Waals surface area contributed by atoms with Gasteiger partial charge >= 0.3 is 0 Å². The number of hydrogen-bond donors (Lipinski definition) is 1. The van der Waals surface area contributed by atoms with Gasteiger partial charge in [0.2, 0.25) is 0 Å². The van der Waals surface area contributed by atoms with Gasteiger partial charge in [-0.25, -0.2) is 0 Å². The molecule has 1 atom stereocenters. The van der Waals surface area contributed by atoms with Crippen molar-refractivity contribution in [1.29, 1.82) is 0 Å². The molecular weight excluding hydrogens is 248 g/mol. The van der Waals surface area contributed by atoms with Gasteiger partial charge in [-0.2, -0.15) is 0 Å². The van der Waals surface area contributed by atoms with Crippen LogP contribution in [0.1, 0.15) is 28.9 Å². The van der Waals surface area contributed by atoms with Gasteiger partial charge in [0, 0.05) is 5.39 Å². The van der Waals surface area contributed by atoms with Crippen LogP contribution >= 0.6 is 0 Å². The van der Waals surface area contributed by atoms with Crippen LogP contribution in [0, 0.1) is 6.92 Å². The maximum atomic E-state index is 11.1. The van der Waals surface area contributed by atoms with Gasteiger partial charge in [-0.3, -0.25) is 0 Å². The molecule has 20 heavy (non-hydrogen) atoms. The normalized spacial score (nSPS) is 21.3. The van der Waals surface area contributed by atoms with Crippen LogP contribution in [0.25, 0.3) is 11.0 Å². The van der Waals surface area contributed by atoms with Crippen LogP contribution in [-0.2, 0) is 12.0 Å². The third-order valence-electron chi connectivity index (χ3n) is 4.30. The second-order valence-corrected chi connectivity index (χ2v) is 5.67. The highest BCUT2D eigenvalue weighted by Crippen LogP contribution is 2.43. The van der Waals surface area contributed by atoms with E-state index in [1.165, 1.54) is 11.1 Å². The molecule has 2 nitrogen and oxygen atoms in total. The van der Waals surface area contributed by atoms with Crippen LogP contribution in [0.4, 0.5) is 0 Å². The Morgan fingerprint density at radius 2 is 1.95 bits per heavy atom. The van der Waals surface area contributed by atoms with E-state index in [1.807, 2.05) is 36.4 Å². The SMILES string of the molecule is Cc1ccc2oc(C3(O)CCc4ccccc43)cc2c1. The van der Waals surface area contributed by atoms with Gasteiger partial charge in [-0.15, -0.1) is 0 Å². The maximum Gasteiger partial charge on any atom is 0.148 e. The molecular formula is C18H16O2. The number of furan rings is 1. The summed E-state index contributed by atoms with van der Waals surface area (Å²) in [5.41, 5.74) is 3.25. The molecule has 0 saturated carbocycles. The Labute approximate surface area is 117 Å². The number of aliphatic hydroxyl groups is 1. The van der Waals surface area contributed by atoms with E-state index in [1.54, 1.807) is 0 Å². The van der Waals surface area contributed by atoms with E-state index in [0.717, 1.165) is 23.0 Å². The first-order valence-electron chi connectivity index (χ1n) is 6.98. The molecule has 2 heteroatoms. The number of rotatable bonds is 1. The summed E-state index contributed by atoms with van der Waals surface area (Å²) in [6, 6.07) is 16.1. The van der Waals surface area contributed by atoms with E-state index in [-0.39, 0.29) is 0 Å². The highest BCUT2D eigenvalue weighted by Gasteiger charge is 2.40.